The SMILES string of the molecule is COC(=O)CCCN1CC2(CCC(c3ccccc3)(N(C)C)CC2)N(CC2CCC2)C1=O. The largest absolute Gasteiger partial charge is 0.469 e. The van der Waals surface area contributed by atoms with E-state index in [9.17, 15) is 9.59 Å². The first-order chi connectivity index (χ1) is 15.4. The van der Waals surface area contributed by atoms with Crippen LogP contribution in [-0.2, 0) is 15.1 Å². The highest BCUT2D eigenvalue weighted by molar-refractivity contribution is 5.78. The van der Waals surface area contributed by atoms with Crippen molar-refractivity contribution in [2.24, 2.45) is 5.92 Å². The lowest BCUT2D eigenvalue weighted by molar-refractivity contribution is -0.140. The molecule has 1 spiro atoms. The third-order valence-electron chi connectivity index (χ3n) is 8.44. The van der Waals surface area contributed by atoms with Crippen molar-refractivity contribution >= 4 is 12.0 Å². The number of rotatable bonds is 8. The molecule has 2 saturated carbocycles. The molecule has 6 nitrogen and oxygen atoms in total. The summed E-state index contributed by atoms with van der Waals surface area (Å²) in [6, 6.07) is 11.0. The van der Waals surface area contributed by atoms with Crippen molar-refractivity contribution in [3.05, 3.63) is 35.9 Å². The Balaban J connectivity index is 1.51. The minimum atomic E-state index is -0.200. The van der Waals surface area contributed by atoms with Crippen molar-refractivity contribution in [1.82, 2.24) is 14.7 Å². The molecule has 4 rings (SSSR count). The lowest BCUT2D eigenvalue weighted by Crippen LogP contribution is -2.56. The van der Waals surface area contributed by atoms with Crippen molar-refractivity contribution in [1.29, 1.82) is 0 Å². The van der Waals surface area contributed by atoms with E-state index >= 15 is 0 Å². The van der Waals surface area contributed by atoms with E-state index in [0.717, 1.165) is 38.8 Å². The lowest BCUT2D eigenvalue weighted by atomic mass is 9.68. The summed E-state index contributed by atoms with van der Waals surface area (Å²) in [6.45, 7) is 2.32. The van der Waals surface area contributed by atoms with Gasteiger partial charge in [-0.15, -0.1) is 0 Å². The van der Waals surface area contributed by atoms with E-state index in [0.29, 0.717) is 25.3 Å². The van der Waals surface area contributed by atoms with Gasteiger partial charge in [0.2, 0.25) is 0 Å². The molecular weight excluding hydrogens is 402 g/mol. The zero-order valence-corrected chi connectivity index (χ0v) is 20.0. The number of hydrogen-bond acceptors (Lipinski definition) is 4. The van der Waals surface area contributed by atoms with Crippen molar-refractivity contribution in [3.63, 3.8) is 0 Å². The Labute approximate surface area is 192 Å². The summed E-state index contributed by atoms with van der Waals surface area (Å²) in [6.07, 6.45) is 8.95. The summed E-state index contributed by atoms with van der Waals surface area (Å²) < 4.78 is 4.78. The number of carbonyl (C=O) groups excluding carboxylic acids is 2. The van der Waals surface area contributed by atoms with Crippen LogP contribution in [0.25, 0.3) is 0 Å². The molecule has 0 unspecified atom stereocenters. The van der Waals surface area contributed by atoms with Gasteiger partial charge in [-0.05, 0) is 70.5 Å². The summed E-state index contributed by atoms with van der Waals surface area (Å²) in [5.74, 6) is 0.453. The fourth-order valence-corrected chi connectivity index (χ4v) is 6.08. The van der Waals surface area contributed by atoms with Gasteiger partial charge in [-0.3, -0.25) is 9.69 Å². The molecule has 6 heteroatoms. The minimum absolute atomic E-state index is 0.0238. The van der Waals surface area contributed by atoms with Crippen LogP contribution >= 0.6 is 0 Å². The maximum absolute atomic E-state index is 13.5. The van der Waals surface area contributed by atoms with Gasteiger partial charge in [0.25, 0.3) is 0 Å². The number of esters is 1. The predicted octanol–water partition coefficient (Wildman–Crippen LogP) is 4.25. The molecule has 1 aromatic rings. The summed E-state index contributed by atoms with van der Waals surface area (Å²) in [5, 5.41) is 0. The highest BCUT2D eigenvalue weighted by Gasteiger charge is 2.54. The molecule has 1 aromatic carbocycles. The van der Waals surface area contributed by atoms with Crippen LogP contribution in [0.3, 0.4) is 0 Å². The summed E-state index contributed by atoms with van der Waals surface area (Å²) in [5.41, 5.74) is 1.33. The van der Waals surface area contributed by atoms with Crippen molar-refractivity contribution in [2.75, 3.05) is 40.8 Å². The van der Waals surface area contributed by atoms with Crippen LogP contribution in [0.2, 0.25) is 0 Å². The Hall–Kier alpha value is -2.08. The third kappa shape index (κ3) is 4.26. The Morgan fingerprint density at radius 1 is 1.12 bits per heavy atom. The monoisotopic (exact) mass is 441 g/mol. The normalized spacial score (nSPS) is 28.4. The first-order valence-electron chi connectivity index (χ1n) is 12.3. The van der Waals surface area contributed by atoms with Crippen LogP contribution in [0, 0.1) is 5.92 Å². The molecule has 2 aliphatic carbocycles. The van der Waals surface area contributed by atoms with Gasteiger partial charge in [0, 0.05) is 31.6 Å². The Morgan fingerprint density at radius 2 is 1.81 bits per heavy atom. The summed E-state index contributed by atoms with van der Waals surface area (Å²) in [7, 11) is 5.80. The van der Waals surface area contributed by atoms with Crippen LogP contribution in [-0.4, -0.2) is 73.1 Å². The van der Waals surface area contributed by atoms with Crippen LogP contribution in [0.1, 0.15) is 63.4 Å². The third-order valence-corrected chi connectivity index (χ3v) is 8.44. The van der Waals surface area contributed by atoms with Gasteiger partial charge in [0.05, 0.1) is 12.6 Å². The maximum Gasteiger partial charge on any atom is 0.320 e. The number of nitrogens with zero attached hydrogens (tertiary/aromatic N) is 3. The lowest BCUT2D eigenvalue weighted by Gasteiger charge is -2.51. The predicted molar refractivity (Wildman–Crippen MR) is 125 cm³/mol. The summed E-state index contributed by atoms with van der Waals surface area (Å²) in [4.78, 5) is 31.7. The molecule has 0 atom stereocenters. The van der Waals surface area contributed by atoms with Crippen molar-refractivity contribution in [3.8, 4) is 0 Å². The molecule has 3 aliphatic rings. The van der Waals surface area contributed by atoms with E-state index in [4.69, 9.17) is 4.74 Å². The molecule has 1 heterocycles. The van der Waals surface area contributed by atoms with Gasteiger partial charge in [-0.25, -0.2) is 4.79 Å². The van der Waals surface area contributed by atoms with E-state index in [-0.39, 0.29) is 23.1 Å². The van der Waals surface area contributed by atoms with E-state index in [1.54, 1.807) is 0 Å². The smallest absolute Gasteiger partial charge is 0.320 e. The number of hydrogen-bond donors (Lipinski definition) is 0. The molecule has 3 fully saturated rings. The second-order valence-electron chi connectivity index (χ2n) is 10.3. The van der Waals surface area contributed by atoms with Crippen molar-refractivity contribution in [2.45, 2.75) is 68.9 Å². The Morgan fingerprint density at radius 3 is 2.38 bits per heavy atom. The number of methoxy groups -OCH3 is 1. The summed E-state index contributed by atoms with van der Waals surface area (Å²) >= 11 is 0. The average Bonchev–Trinajstić information content (AvgIpc) is 3.02. The standard InChI is InChI=1S/C26H39N3O3/c1-27(2)26(22-11-5-4-6-12-22)16-14-25(15-17-26)20-28(18-8-13-23(30)32-3)24(31)29(25)19-21-9-7-10-21/h4-6,11-12,21H,7-10,13-20H2,1-3H3. The number of benzene rings is 1. The van der Waals surface area contributed by atoms with Gasteiger partial charge in [0.15, 0.2) is 0 Å². The Kier molecular flexibility index (Phi) is 6.80. The zero-order valence-electron chi connectivity index (χ0n) is 20.0. The number of urea groups is 1. The second kappa shape index (κ2) is 9.42. The van der Waals surface area contributed by atoms with Crippen LogP contribution < -0.4 is 0 Å². The molecule has 1 saturated heterocycles. The topological polar surface area (TPSA) is 53.1 Å². The molecule has 176 valence electrons. The fourth-order valence-electron chi connectivity index (χ4n) is 6.08. The van der Waals surface area contributed by atoms with Crippen molar-refractivity contribution < 1.29 is 14.3 Å². The number of carbonyl (C=O) groups is 2. The fraction of sp³-hybridized carbons (Fsp3) is 0.692. The molecule has 0 bridgehead atoms. The maximum atomic E-state index is 13.5. The van der Waals surface area contributed by atoms with E-state index in [2.05, 4.69) is 54.2 Å². The second-order valence-corrected chi connectivity index (χ2v) is 10.3. The molecule has 32 heavy (non-hydrogen) atoms. The zero-order chi connectivity index (χ0) is 22.8. The number of amides is 2. The van der Waals surface area contributed by atoms with E-state index in [1.165, 1.54) is 31.9 Å². The highest BCUT2D eigenvalue weighted by atomic mass is 16.5. The quantitative estimate of drug-likeness (QED) is 0.566. The van der Waals surface area contributed by atoms with Crippen LogP contribution in [0.5, 0.6) is 0 Å². The Bertz CT molecular complexity index is 798. The molecule has 0 radical (unpaired) electrons. The van der Waals surface area contributed by atoms with Gasteiger partial charge in [0.1, 0.15) is 0 Å². The molecule has 2 amide bonds. The average molecular weight is 442 g/mol. The minimum Gasteiger partial charge on any atom is -0.469 e. The van der Waals surface area contributed by atoms with Gasteiger partial charge < -0.3 is 14.5 Å². The molecular formula is C26H39N3O3. The molecule has 0 N–H and O–H groups in total. The number of ether oxygens (including phenoxy) is 1. The van der Waals surface area contributed by atoms with Gasteiger partial charge in [-0.2, -0.15) is 0 Å². The van der Waals surface area contributed by atoms with E-state index < -0.39 is 0 Å². The van der Waals surface area contributed by atoms with E-state index in [1.807, 2.05) is 4.90 Å². The molecule has 1 aliphatic heterocycles. The van der Waals surface area contributed by atoms with Crippen LogP contribution in [0.15, 0.2) is 30.3 Å². The molecule has 0 aromatic heterocycles. The van der Waals surface area contributed by atoms with Gasteiger partial charge in [-0.1, -0.05) is 36.8 Å². The van der Waals surface area contributed by atoms with Gasteiger partial charge >= 0.3 is 12.0 Å². The first-order valence-corrected chi connectivity index (χ1v) is 12.3. The highest BCUT2D eigenvalue weighted by Crippen LogP contribution is 2.49. The van der Waals surface area contributed by atoms with Crippen LogP contribution in [0.4, 0.5) is 4.79 Å². The first kappa shape index (κ1) is 23.1.